The molecule has 2 aromatic heterocycles. The molecule has 2 N–H and O–H groups in total. The highest BCUT2D eigenvalue weighted by Crippen LogP contribution is 2.32. The van der Waals surface area contributed by atoms with Crippen LogP contribution in [0.2, 0.25) is 0 Å². The number of aryl methyl sites for hydroxylation is 2. The first-order valence-corrected chi connectivity index (χ1v) is 10.2. The Labute approximate surface area is 168 Å². The van der Waals surface area contributed by atoms with E-state index in [1.54, 1.807) is 18.1 Å². The Morgan fingerprint density at radius 1 is 1.31 bits per heavy atom. The number of nitrogens with one attached hydrogen (secondary N) is 1. The van der Waals surface area contributed by atoms with E-state index in [9.17, 15) is 8.42 Å². The van der Waals surface area contributed by atoms with Crippen molar-refractivity contribution in [3.8, 4) is 28.4 Å². The van der Waals surface area contributed by atoms with Gasteiger partial charge in [-0.25, -0.2) is 18.1 Å². The lowest BCUT2D eigenvalue weighted by molar-refractivity contribution is -0.122. The second-order valence-electron chi connectivity index (χ2n) is 5.87. The van der Waals surface area contributed by atoms with Gasteiger partial charge in [0, 0.05) is 25.4 Å². The summed E-state index contributed by atoms with van der Waals surface area (Å²) >= 11 is 0. The van der Waals surface area contributed by atoms with Crippen LogP contribution in [0, 0.1) is 0 Å². The third kappa shape index (κ3) is 5.65. The van der Waals surface area contributed by atoms with Gasteiger partial charge in [-0.3, -0.25) is 9.48 Å². The largest absolute Gasteiger partial charge is 0.497 e. The molecule has 0 saturated carbocycles. The highest BCUT2D eigenvalue weighted by molar-refractivity contribution is 7.89. The summed E-state index contributed by atoms with van der Waals surface area (Å²) in [6.07, 6.45) is 3.48. The molecule has 3 aromatic rings. The average molecular weight is 421 g/mol. The van der Waals surface area contributed by atoms with E-state index in [1.807, 2.05) is 48.1 Å². The van der Waals surface area contributed by atoms with E-state index < -0.39 is 10.0 Å². The monoisotopic (exact) mass is 421 g/mol. The molecule has 1 aromatic carbocycles. The number of carbonyl (C=O) groups is 1. The van der Waals surface area contributed by atoms with Crippen LogP contribution in [0.15, 0.2) is 42.9 Å². The molecule has 0 atom stereocenters. The molecule has 0 fully saturated rings. The van der Waals surface area contributed by atoms with E-state index in [4.69, 9.17) is 14.6 Å². The molecule has 0 radical (unpaired) electrons. The molecule has 0 amide bonds. The number of hydrogen-bond acceptors (Lipinski definition) is 6. The summed E-state index contributed by atoms with van der Waals surface area (Å²) in [5, 5.41) is 11.4. The van der Waals surface area contributed by atoms with E-state index in [0.29, 0.717) is 0 Å². The number of benzene rings is 1. The molecule has 3 rings (SSSR count). The third-order valence-electron chi connectivity index (χ3n) is 4.05. The highest BCUT2D eigenvalue weighted by Gasteiger charge is 2.19. The summed E-state index contributed by atoms with van der Waals surface area (Å²) in [5.41, 5.74) is 3.10. The molecule has 0 bridgehead atoms. The Morgan fingerprint density at radius 2 is 2.03 bits per heavy atom. The standard InChI is InChI=1S/C17H21N5O3S.CH2O2/c1-18-26(23,24)10-9-22-12-19-16(13-5-4-6-14(11-13)25-3)17(22)15-7-8-21(2)20-15;2-1-3/h4-8,11-12,18H,9-10H2,1-3H3;1H,(H,2,3). The Balaban J connectivity index is 0.000000941. The van der Waals surface area contributed by atoms with Gasteiger partial charge in [0.2, 0.25) is 10.0 Å². The Morgan fingerprint density at radius 3 is 2.62 bits per heavy atom. The number of aromatic nitrogens is 4. The molecule has 11 heteroatoms. The number of nitrogens with zero attached hydrogens (tertiary/aromatic N) is 4. The zero-order valence-electron chi connectivity index (χ0n) is 16.3. The maximum Gasteiger partial charge on any atom is 0.290 e. The summed E-state index contributed by atoms with van der Waals surface area (Å²) < 4.78 is 34.7. The molecule has 0 spiro atoms. The first-order valence-electron chi connectivity index (χ1n) is 8.53. The minimum absolute atomic E-state index is 0.0444. The van der Waals surface area contributed by atoms with E-state index in [2.05, 4.69) is 14.8 Å². The van der Waals surface area contributed by atoms with Crippen molar-refractivity contribution in [1.29, 1.82) is 0 Å². The first-order chi connectivity index (χ1) is 13.8. The fraction of sp³-hybridized carbons (Fsp3) is 0.278. The number of carboxylic acid groups (broad SMARTS) is 1. The zero-order valence-corrected chi connectivity index (χ0v) is 17.1. The zero-order chi connectivity index (χ0) is 21.4. The topological polar surface area (TPSA) is 128 Å². The summed E-state index contributed by atoms with van der Waals surface area (Å²) in [6, 6.07) is 9.46. The molecule has 2 heterocycles. The number of rotatable bonds is 7. The Bertz CT molecular complexity index is 1060. The van der Waals surface area contributed by atoms with Crippen LogP contribution in [0.5, 0.6) is 5.75 Å². The Hall–Kier alpha value is -3.18. The molecule has 29 heavy (non-hydrogen) atoms. The highest BCUT2D eigenvalue weighted by atomic mass is 32.2. The molecule has 0 saturated heterocycles. The second kappa shape index (κ2) is 9.85. The van der Waals surface area contributed by atoms with Gasteiger partial charge in [0.25, 0.3) is 6.47 Å². The lowest BCUT2D eigenvalue weighted by Crippen LogP contribution is -2.24. The van der Waals surface area contributed by atoms with Crippen LogP contribution < -0.4 is 9.46 Å². The summed E-state index contributed by atoms with van der Waals surface area (Å²) in [7, 11) is 1.53. The Kier molecular flexibility index (Phi) is 7.51. The maximum atomic E-state index is 11.8. The molecule has 156 valence electrons. The van der Waals surface area contributed by atoms with Crippen LogP contribution in [0.25, 0.3) is 22.6 Å². The van der Waals surface area contributed by atoms with Gasteiger partial charge < -0.3 is 14.4 Å². The number of sulfonamides is 1. The molecule has 10 nitrogen and oxygen atoms in total. The van der Waals surface area contributed by atoms with Crippen molar-refractivity contribution in [2.75, 3.05) is 19.9 Å². The predicted octanol–water partition coefficient (Wildman–Crippen LogP) is 1.21. The van der Waals surface area contributed by atoms with E-state index >= 15 is 0 Å². The molecular formula is C18H23N5O5S. The molecule has 0 unspecified atom stereocenters. The van der Waals surface area contributed by atoms with Crippen LogP contribution in [-0.2, 0) is 28.4 Å². The van der Waals surface area contributed by atoms with Crippen LogP contribution in [0.1, 0.15) is 0 Å². The van der Waals surface area contributed by atoms with Crippen LogP contribution in [0.3, 0.4) is 0 Å². The van der Waals surface area contributed by atoms with Crippen molar-refractivity contribution >= 4 is 16.5 Å². The van der Waals surface area contributed by atoms with Crippen molar-refractivity contribution in [3.05, 3.63) is 42.9 Å². The number of hydrogen-bond donors (Lipinski definition) is 2. The van der Waals surface area contributed by atoms with Gasteiger partial charge in [0.05, 0.1) is 30.6 Å². The fourth-order valence-electron chi connectivity index (χ4n) is 2.66. The van der Waals surface area contributed by atoms with Crippen LogP contribution in [0.4, 0.5) is 0 Å². The van der Waals surface area contributed by atoms with E-state index in [1.165, 1.54) is 7.05 Å². The molecule has 0 aliphatic carbocycles. The predicted molar refractivity (Wildman–Crippen MR) is 108 cm³/mol. The lowest BCUT2D eigenvalue weighted by Gasteiger charge is -2.09. The van der Waals surface area contributed by atoms with Gasteiger partial charge in [-0.15, -0.1) is 0 Å². The van der Waals surface area contributed by atoms with Crippen molar-refractivity contribution < 1.29 is 23.1 Å². The lowest BCUT2D eigenvalue weighted by atomic mass is 10.1. The van der Waals surface area contributed by atoms with Crippen LogP contribution in [-0.4, -0.2) is 59.2 Å². The van der Waals surface area contributed by atoms with E-state index in [0.717, 1.165) is 28.4 Å². The minimum atomic E-state index is -3.32. The first kappa shape index (κ1) is 22.1. The maximum absolute atomic E-state index is 11.8. The number of methoxy groups -OCH3 is 1. The van der Waals surface area contributed by atoms with Crippen molar-refractivity contribution in [3.63, 3.8) is 0 Å². The van der Waals surface area contributed by atoms with Crippen molar-refractivity contribution in [1.82, 2.24) is 24.1 Å². The van der Waals surface area contributed by atoms with Crippen LogP contribution >= 0.6 is 0 Å². The molecular weight excluding hydrogens is 398 g/mol. The number of ether oxygens (including phenoxy) is 1. The fourth-order valence-corrected chi connectivity index (χ4v) is 3.31. The third-order valence-corrected chi connectivity index (χ3v) is 5.39. The number of imidazole rings is 1. The average Bonchev–Trinajstić information content (AvgIpc) is 3.33. The quantitative estimate of drug-likeness (QED) is 0.549. The van der Waals surface area contributed by atoms with Gasteiger partial charge in [-0.05, 0) is 25.2 Å². The van der Waals surface area contributed by atoms with Gasteiger partial charge in [0.1, 0.15) is 11.4 Å². The second-order valence-corrected chi connectivity index (χ2v) is 7.92. The summed E-state index contributed by atoms with van der Waals surface area (Å²) in [6.45, 7) is 0.0199. The smallest absolute Gasteiger partial charge is 0.290 e. The van der Waals surface area contributed by atoms with Gasteiger partial charge in [-0.2, -0.15) is 5.10 Å². The summed E-state index contributed by atoms with van der Waals surface area (Å²) in [5.74, 6) is 0.679. The SMILES string of the molecule is CNS(=O)(=O)CCn1cnc(-c2cccc(OC)c2)c1-c1ccn(C)n1.O=CO. The normalized spacial score (nSPS) is 10.9. The van der Waals surface area contributed by atoms with Crippen molar-refractivity contribution in [2.24, 2.45) is 7.05 Å². The molecule has 0 aliphatic heterocycles. The minimum Gasteiger partial charge on any atom is -0.497 e. The van der Waals surface area contributed by atoms with E-state index in [-0.39, 0.29) is 18.8 Å². The molecule has 0 aliphatic rings. The van der Waals surface area contributed by atoms with Gasteiger partial charge >= 0.3 is 0 Å². The van der Waals surface area contributed by atoms with Crippen molar-refractivity contribution in [2.45, 2.75) is 6.54 Å². The summed E-state index contributed by atoms with van der Waals surface area (Å²) in [4.78, 5) is 12.9. The van der Waals surface area contributed by atoms with Gasteiger partial charge in [-0.1, -0.05) is 12.1 Å². The van der Waals surface area contributed by atoms with Gasteiger partial charge in [0.15, 0.2) is 0 Å².